The first kappa shape index (κ1) is 25.5. The van der Waals surface area contributed by atoms with Crippen molar-refractivity contribution in [2.24, 2.45) is 0 Å². The van der Waals surface area contributed by atoms with Crippen LogP contribution >= 0.6 is 23.2 Å². The van der Waals surface area contributed by atoms with E-state index in [9.17, 15) is 13.2 Å². The topological polar surface area (TPSA) is 103 Å². The summed E-state index contributed by atoms with van der Waals surface area (Å²) in [7, 11) is -2.43. The molecule has 3 aromatic rings. The highest BCUT2D eigenvalue weighted by Crippen LogP contribution is 2.30. The maximum Gasteiger partial charge on any atom is 0.262 e. The molecule has 0 saturated carbocycles. The van der Waals surface area contributed by atoms with Crippen LogP contribution in [0.3, 0.4) is 0 Å². The minimum atomic E-state index is -3.90. The molecule has 0 saturated heterocycles. The van der Waals surface area contributed by atoms with Gasteiger partial charge in [-0.2, -0.15) is 0 Å². The summed E-state index contributed by atoms with van der Waals surface area (Å²) in [6, 6.07) is 15.3. The van der Waals surface area contributed by atoms with Crippen LogP contribution in [0, 0.1) is 0 Å². The lowest BCUT2D eigenvalue weighted by atomic mass is 10.3. The van der Waals surface area contributed by atoms with Crippen LogP contribution in [0.1, 0.15) is 6.92 Å². The molecule has 0 radical (unpaired) electrons. The summed E-state index contributed by atoms with van der Waals surface area (Å²) in [6.45, 7) is 2.00. The van der Waals surface area contributed by atoms with E-state index in [-0.39, 0.29) is 22.3 Å². The second kappa shape index (κ2) is 11.3. The number of hydrogen-bond donors (Lipinski definition) is 2. The molecular weight excluding hydrogens is 503 g/mol. The molecule has 0 fully saturated rings. The number of anilines is 2. The van der Waals surface area contributed by atoms with Crippen LogP contribution in [-0.4, -0.2) is 34.6 Å². The Balaban J connectivity index is 1.64. The van der Waals surface area contributed by atoms with Gasteiger partial charge in [0.2, 0.25) is 0 Å². The molecule has 0 aromatic heterocycles. The first-order chi connectivity index (χ1) is 16.2. The van der Waals surface area contributed by atoms with Crippen molar-refractivity contribution in [1.29, 1.82) is 0 Å². The summed E-state index contributed by atoms with van der Waals surface area (Å²) in [6.07, 6.45) is 0. The molecular formula is C23H22Cl2N2O6S. The van der Waals surface area contributed by atoms with E-state index >= 15 is 0 Å². The van der Waals surface area contributed by atoms with Gasteiger partial charge in [-0.1, -0.05) is 23.2 Å². The van der Waals surface area contributed by atoms with Gasteiger partial charge in [-0.3, -0.25) is 9.52 Å². The zero-order valence-electron chi connectivity index (χ0n) is 18.3. The Morgan fingerprint density at radius 3 is 2.29 bits per heavy atom. The van der Waals surface area contributed by atoms with Gasteiger partial charge in [0.05, 0.1) is 29.3 Å². The Hall–Kier alpha value is -3.14. The molecule has 0 aliphatic carbocycles. The van der Waals surface area contributed by atoms with E-state index in [1.54, 1.807) is 42.5 Å². The fraction of sp³-hybridized carbons (Fsp3) is 0.174. The summed E-state index contributed by atoms with van der Waals surface area (Å²) >= 11 is 12.2. The zero-order chi connectivity index (χ0) is 24.7. The van der Waals surface area contributed by atoms with Crippen molar-refractivity contribution >= 4 is 50.5 Å². The Kier molecular flexibility index (Phi) is 8.49. The molecule has 1 amide bonds. The standard InChI is InChI=1S/C23H22Cl2N2O6S/c1-3-32-17-7-5-16(6-8-17)27-34(29,30)18-9-11-21(19(25)13-18)33-14-23(28)26-20-12-15(24)4-10-22(20)31-2/h4-13,27H,3,14H2,1-2H3,(H,26,28). The molecule has 0 aliphatic rings. The van der Waals surface area contributed by atoms with Crippen molar-refractivity contribution in [2.45, 2.75) is 11.8 Å². The third-order valence-electron chi connectivity index (χ3n) is 4.43. The average Bonchev–Trinajstić information content (AvgIpc) is 2.79. The molecule has 0 unspecified atom stereocenters. The Bertz CT molecular complexity index is 1270. The number of sulfonamides is 1. The number of halogens is 2. The summed E-state index contributed by atoms with van der Waals surface area (Å²) in [5, 5.41) is 3.09. The number of rotatable bonds is 10. The highest BCUT2D eigenvalue weighted by Gasteiger charge is 2.17. The third-order valence-corrected chi connectivity index (χ3v) is 6.33. The number of carbonyl (C=O) groups is 1. The van der Waals surface area contributed by atoms with E-state index in [2.05, 4.69) is 10.0 Å². The summed E-state index contributed by atoms with van der Waals surface area (Å²) < 4.78 is 43.9. The SMILES string of the molecule is CCOc1ccc(NS(=O)(=O)c2ccc(OCC(=O)Nc3cc(Cl)ccc3OC)c(Cl)c2)cc1. The van der Waals surface area contributed by atoms with E-state index in [1.807, 2.05) is 6.92 Å². The van der Waals surface area contributed by atoms with Gasteiger partial charge in [-0.05, 0) is 67.6 Å². The summed E-state index contributed by atoms with van der Waals surface area (Å²) in [5.74, 6) is 0.735. The molecule has 11 heteroatoms. The Morgan fingerprint density at radius 1 is 0.941 bits per heavy atom. The fourth-order valence-electron chi connectivity index (χ4n) is 2.87. The second-order valence-corrected chi connectivity index (χ2v) is 9.36. The molecule has 0 aliphatic heterocycles. The van der Waals surface area contributed by atoms with Gasteiger partial charge < -0.3 is 19.5 Å². The van der Waals surface area contributed by atoms with Crippen molar-refractivity contribution in [2.75, 3.05) is 30.4 Å². The number of carbonyl (C=O) groups excluding carboxylic acids is 1. The first-order valence-corrected chi connectivity index (χ1v) is 12.3. The van der Waals surface area contributed by atoms with Gasteiger partial charge >= 0.3 is 0 Å². The van der Waals surface area contributed by atoms with E-state index < -0.39 is 15.9 Å². The molecule has 0 bridgehead atoms. The maximum absolute atomic E-state index is 12.7. The van der Waals surface area contributed by atoms with Crippen LogP contribution < -0.4 is 24.2 Å². The monoisotopic (exact) mass is 524 g/mol. The second-order valence-electron chi connectivity index (χ2n) is 6.84. The quantitative estimate of drug-likeness (QED) is 0.376. The van der Waals surface area contributed by atoms with Crippen molar-refractivity contribution in [3.05, 3.63) is 70.7 Å². The normalized spacial score (nSPS) is 10.9. The molecule has 180 valence electrons. The van der Waals surface area contributed by atoms with Crippen molar-refractivity contribution in [1.82, 2.24) is 0 Å². The van der Waals surface area contributed by atoms with E-state index in [0.717, 1.165) is 0 Å². The predicted molar refractivity (Wildman–Crippen MR) is 132 cm³/mol. The minimum Gasteiger partial charge on any atom is -0.495 e. The van der Waals surface area contributed by atoms with Gasteiger partial charge in [0, 0.05) is 10.7 Å². The van der Waals surface area contributed by atoms with Gasteiger partial charge in [-0.25, -0.2) is 8.42 Å². The van der Waals surface area contributed by atoms with Gasteiger partial charge in [-0.15, -0.1) is 0 Å². The molecule has 0 spiro atoms. The van der Waals surface area contributed by atoms with E-state index in [1.165, 1.54) is 25.3 Å². The van der Waals surface area contributed by atoms with Crippen molar-refractivity contribution < 1.29 is 27.4 Å². The summed E-state index contributed by atoms with van der Waals surface area (Å²) in [5.41, 5.74) is 0.754. The lowest BCUT2D eigenvalue weighted by molar-refractivity contribution is -0.118. The molecule has 34 heavy (non-hydrogen) atoms. The number of amides is 1. The largest absolute Gasteiger partial charge is 0.495 e. The van der Waals surface area contributed by atoms with Crippen LogP contribution in [0.25, 0.3) is 0 Å². The molecule has 8 nitrogen and oxygen atoms in total. The minimum absolute atomic E-state index is 0.0303. The highest BCUT2D eigenvalue weighted by atomic mass is 35.5. The Labute approximate surface area is 207 Å². The lowest BCUT2D eigenvalue weighted by Crippen LogP contribution is -2.20. The zero-order valence-corrected chi connectivity index (χ0v) is 20.6. The number of hydrogen-bond acceptors (Lipinski definition) is 6. The van der Waals surface area contributed by atoms with Gasteiger partial charge in [0.1, 0.15) is 17.2 Å². The number of benzene rings is 3. The van der Waals surface area contributed by atoms with Crippen LogP contribution in [0.5, 0.6) is 17.2 Å². The fourth-order valence-corrected chi connectivity index (χ4v) is 4.43. The third kappa shape index (κ3) is 6.69. The van der Waals surface area contributed by atoms with Crippen LogP contribution in [0.4, 0.5) is 11.4 Å². The van der Waals surface area contributed by atoms with E-state index in [4.69, 9.17) is 37.4 Å². The summed E-state index contributed by atoms with van der Waals surface area (Å²) in [4.78, 5) is 12.2. The molecule has 2 N–H and O–H groups in total. The van der Waals surface area contributed by atoms with Gasteiger partial charge in [0.15, 0.2) is 6.61 Å². The number of ether oxygens (including phenoxy) is 3. The van der Waals surface area contributed by atoms with Crippen LogP contribution in [0.2, 0.25) is 10.0 Å². The van der Waals surface area contributed by atoms with E-state index in [0.29, 0.717) is 34.5 Å². The van der Waals surface area contributed by atoms with Crippen molar-refractivity contribution in [3.8, 4) is 17.2 Å². The number of nitrogens with one attached hydrogen (secondary N) is 2. The molecule has 3 aromatic carbocycles. The first-order valence-electron chi connectivity index (χ1n) is 10.0. The molecule has 0 atom stereocenters. The Morgan fingerprint density at radius 2 is 1.65 bits per heavy atom. The smallest absolute Gasteiger partial charge is 0.262 e. The lowest BCUT2D eigenvalue weighted by Gasteiger charge is -2.13. The molecule has 0 heterocycles. The highest BCUT2D eigenvalue weighted by molar-refractivity contribution is 7.92. The number of methoxy groups -OCH3 is 1. The van der Waals surface area contributed by atoms with Gasteiger partial charge in [0.25, 0.3) is 15.9 Å². The van der Waals surface area contributed by atoms with Crippen molar-refractivity contribution in [3.63, 3.8) is 0 Å². The predicted octanol–water partition coefficient (Wildman–Crippen LogP) is 5.22. The average molecular weight is 525 g/mol. The maximum atomic E-state index is 12.7. The van der Waals surface area contributed by atoms with Crippen LogP contribution in [0.15, 0.2) is 65.6 Å². The van der Waals surface area contributed by atoms with Crippen LogP contribution in [-0.2, 0) is 14.8 Å². The molecule has 3 rings (SSSR count).